The second kappa shape index (κ2) is 24.9. The highest BCUT2D eigenvalue weighted by Crippen LogP contribution is 2.36. The number of carbonyl (C=O) groups excluding carboxylic acids is 6. The minimum atomic E-state index is -0.000523. The van der Waals surface area contributed by atoms with Gasteiger partial charge < -0.3 is 14.2 Å². The van der Waals surface area contributed by atoms with Crippen LogP contribution < -0.4 is 14.2 Å². The zero-order chi connectivity index (χ0) is 48.7. The fraction of sp³-hybridized carbons (Fsp3) is 0.263. The normalized spacial score (nSPS) is 13.1. The van der Waals surface area contributed by atoms with E-state index in [1.54, 1.807) is 59.6 Å². The Balaban J connectivity index is 0.000000153. The summed E-state index contributed by atoms with van der Waals surface area (Å²) in [4.78, 5) is 76.6. The SMILES string of the molecule is Cc1ccc(C(=O)CCC(=O)c2ccc3c(c2)SCCO3)cc1.Cc1cccc(C(=O)CCC(=O)c2ccc3c(c2)SCCO3)c1.Cc1ccccc1C(=O)CCC(=O)c1ccc2c(c1)SCCO2. The molecule has 12 heteroatoms. The van der Waals surface area contributed by atoms with E-state index in [1.165, 1.54) is 0 Å². The smallest absolute Gasteiger partial charge is 0.163 e. The Morgan fingerprint density at radius 3 is 1.17 bits per heavy atom. The van der Waals surface area contributed by atoms with Crippen LogP contribution >= 0.6 is 35.3 Å². The minimum Gasteiger partial charge on any atom is -0.492 e. The summed E-state index contributed by atoms with van der Waals surface area (Å²) in [6, 6.07) is 38.9. The third-order valence-electron chi connectivity index (χ3n) is 11.5. The van der Waals surface area contributed by atoms with Gasteiger partial charge in [-0.3, -0.25) is 28.8 Å². The van der Waals surface area contributed by atoms with E-state index in [9.17, 15) is 28.8 Å². The lowest BCUT2D eigenvalue weighted by Crippen LogP contribution is -2.09. The molecule has 0 aliphatic carbocycles. The van der Waals surface area contributed by atoms with Crippen LogP contribution in [-0.4, -0.2) is 71.8 Å². The van der Waals surface area contributed by atoms with Crippen LogP contribution in [0.1, 0.15) is 117 Å². The third kappa shape index (κ3) is 14.4. The van der Waals surface area contributed by atoms with Crippen LogP contribution in [0.4, 0.5) is 0 Å². The molecular formula is C57H54O9S3. The van der Waals surface area contributed by atoms with Gasteiger partial charge in [0.05, 0.1) is 34.5 Å². The van der Waals surface area contributed by atoms with Crippen LogP contribution in [0.2, 0.25) is 0 Å². The van der Waals surface area contributed by atoms with Crippen molar-refractivity contribution >= 4 is 70.0 Å². The van der Waals surface area contributed by atoms with E-state index in [0.29, 0.717) is 53.2 Å². The summed E-state index contributed by atoms with van der Waals surface area (Å²) in [7, 11) is 0. The lowest BCUT2D eigenvalue weighted by Gasteiger charge is -2.17. The van der Waals surface area contributed by atoms with Gasteiger partial charge in [0.1, 0.15) is 17.2 Å². The highest BCUT2D eigenvalue weighted by atomic mass is 32.2. The quantitative estimate of drug-likeness (QED) is 0.0908. The molecule has 3 aliphatic rings. The van der Waals surface area contributed by atoms with Crippen LogP contribution in [0.5, 0.6) is 17.2 Å². The monoisotopic (exact) mass is 978 g/mol. The maximum atomic E-state index is 12.3. The first-order valence-corrected chi connectivity index (χ1v) is 25.9. The number of rotatable bonds is 15. The lowest BCUT2D eigenvalue weighted by atomic mass is 9.99. The van der Waals surface area contributed by atoms with Crippen molar-refractivity contribution in [2.45, 2.75) is 74.0 Å². The van der Waals surface area contributed by atoms with Gasteiger partial charge in [0, 0.05) is 89.2 Å². The number of carbonyl (C=O) groups is 6. The molecule has 0 fully saturated rings. The Kier molecular flexibility index (Phi) is 18.3. The predicted molar refractivity (Wildman–Crippen MR) is 275 cm³/mol. The molecule has 0 bridgehead atoms. The Morgan fingerprint density at radius 1 is 0.377 bits per heavy atom. The number of aryl methyl sites for hydroxylation is 3. The van der Waals surface area contributed by atoms with E-state index in [1.807, 2.05) is 124 Å². The largest absolute Gasteiger partial charge is 0.492 e. The average molecular weight is 979 g/mol. The summed E-state index contributed by atoms with van der Waals surface area (Å²) in [5, 5.41) is 0. The van der Waals surface area contributed by atoms with E-state index in [0.717, 1.165) is 65.9 Å². The summed E-state index contributed by atoms with van der Waals surface area (Å²) >= 11 is 5.10. The molecule has 0 radical (unpaired) electrons. The molecule has 6 aromatic carbocycles. The Hall–Kier alpha value is -6.21. The van der Waals surface area contributed by atoms with E-state index in [-0.39, 0.29) is 73.2 Å². The molecule has 354 valence electrons. The van der Waals surface area contributed by atoms with Crippen LogP contribution in [0.15, 0.2) is 142 Å². The van der Waals surface area contributed by atoms with Gasteiger partial charge in [0.15, 0.2) is 34.7 Å². The van der Waals surface area contributed by atoms with Gasteiger partial charge in [-0.2, -0.15) is 0 Å². The van der Waals surface area contributed by atoms with Gasteiger partial charge >= 0.3 is 0 Å². The zero-order valence-electron chi connectivity index (χ0n) is 39.0. The highest BCUT2D eigenvalue weighted by molar-refractivity contribution is 8.00. The maximum Gasteiger partial charge on any atom is 0.163 e. The molecule has 0 aromatic heterocycles. The number of fused-ring (bicyclic) bond motifs is 3. The molecule has 0 saturated carbocycles. The number of ketones is 6. The van der Waals surface area contributed by atoms with Crippen molar-refractivity contribution in [1.82, 2.24) is 0 Å². The Labute approximate surface area is 416 Å². The molecular weight excluding hydrogens is 925 g/mol. The molecule has 6 aromatic rings. The van der Waals surface area contributed by atoms with Crippen molar-refractivity contribution < 1.29 is 43.0 Å². The summed E-state index contributed by atoms with van der Waals surface area (Å²) in [6.45, 7) is 7.96. The van der Waals surface area contributed by atoms with Gasteiger partial charge in [-0.15, -0.1) is 35.3 Å². The molecule has 0 N–H and O–H groups in total. The fourth-order valence-corrected chi connectivity index (χ4v) is 10.2. The Bertz CT molecular complexity index is 2850. The zero-order valence-corrected chi connectivity index (χ0v) is 41.5. The summed E-state index contributed by atoms with van der Waals surface area (Å²) in [5.74, 6) is 5.26. The summed E-state index contributed by atoms with van der Waals surface area (Å²) in [6.07, 6.45) is 1.42. The van der Waals surface area contributed by atoms with Gasteiger partial charge in [-0.05, 0) is 87.0 Å². The predicted octanol–water partition coefficient (Wildman–Crippen LogP) is 13.0. The number of benzene rings is 6. The third-order valence-corrected chi connectivity index (χ3v) is 14.5. The van der Waals surface area contributed by atoms with Crippen molar-refractivity contribution in [2.75, 3.05) is 37.1 Å². The highest BCUT2D eigenvalue weighted by Gasteiger charge is 2.19. The van der Waals surface area contributed by atoms with Crippen molar-refractivity contribution in [3.05, 3.63) is 177 Å². The van der Waals surface area contributed by atoms with Crippen molar-refractivity contribution in [3.63, 3.8) is 0 Å². The first kappa shape index (κ1) is 50.7. The number of Topliss-reactive ketones (excluding diaryl/α,β-unsaturated/α-hetero) is 6. The van der Waals surface area contributed by atoms with Gasteiger partial charge in [-0.1, -0.05) is 77.9 Å². The van der Waals surface area contributed by atoms with E-state index in [4.69, 9.17) is 14.2 Å². The van der Waals surface area contributed by atoms with Crippen LogP contribution in [0, 0.1) is 20.8 Å². The Morgan fingerprint density at radius 2 is 0.754 bits per heavy atom. The van der Waals surface area contributed by atoms with Gasteiger partial charge in [0.2, 0.25) is 0 Å². The average Bonchev–Trinajstić information content (AvgIpc) is 3.38. The van der Waals surface area contributed by atoms with E-state index in [2.05, 4.69) is 0 Å². The molecule has 9 rings (SSSR count). The number of thioether (sulfide) groups is 3. The molecule has 0 amide bonds. The summed E-state index contributed by atoms with van der Waals surface area (Å²) in [5.41, 5.74) is 7.11. The van der Waals surface area contributed by atoms with Crippen LogP contribution in [-0.2, 0) is 0 Å². The molecule has 69 heavy (non-hydrogen) atoms. The first-order chi connectivity index (χ1) is 33.4. The molecule has 0 spiro atoms. The molecule has 0 unspecified atom stereocenters. The standard InChI is InChI=1S/3C19H18O3S/c1-13-2-4-14(5-3-13)16(20)7-8-17(21)15-6-9-18-19(12-15)23-11-10-22-18;1-13-3-2-4-14(11-13)16(20)6-7-17(21)15-5-8-18-19(12-15)23-10-9-22-18;1-13-4-2-3-5-15(13)17(21)8-7-16(20)14-6-9-18-19(12-14)23-11-10-22-18/h2-6,9,12H,7-8,10-11H2,1H3;2-5,8,11-12H,6-7,9-10H2,1H3;2-6,9,12H,7-8,10-11H2,1H3. The number of hydrogen-bond acceptors (Lipinski definition) is 12. The second-order valence-corrected chi connectivity index (χ2v) is 20.1. The molecule has 0 saturated heterocycles. The minimum absolute atomic E-state index is 0.0000217. The molecule has 3 aliphatic heterocycles. The molecule has 0 atom stereocenters. The van der Waals surface area contributed by atoms with Crippen LogP contribution in [0.3, 0.4) is 0 Å². The van der Waals surface area contributed by atoms with Gasteiger partial charge in [-0.25, -0.2) is 0 Å². The van der Waals surface area contributed by atoms with Crippen molar-refractivity contribution in [2.24, 2.45) is 0 Å². The topological polar surface area (TPSA) is 130 Å². The van der Waals surface area contributed by atoms with E-state index < -0.39 is 0 Å². The maximum absolute atomic E-state index is 12.3. The number of hydrogen-bond donors (Lipinski definition) is 0. The second-order valence-electron chi connectivity index (χ2n) is 16.7. The lowest BCUT2D eigenvalue weighted by molar-refractivity contribution is 0.0917. The summed E-state index contributed by atoms with van der Waals surface area (Å²) < 4.78 is 16.6. The molecule has 9 nitrogen and oxygen atoms in total. The molecule has 3 heterocycles. The van der Waals surface area contributed by atoms with Crippen molar-refractivity contribution in [3.8, 4) is 17.2 Å². The van der Waals surface area contributed by atoms with Gasteiger partial charge in [0.25, 0.3) is 0 Å². The van der Waals surface area contributed by atoms with Crippen molar-refractivity contribution in [1.29, 1.82) is 0 Å². The van der Waals surface area contributed by atoms with Crippen LogP contribution in [0.25, 0.3) is 0 Å². The van der Waals surface area contributed by atoms with E-state index >= 15 is 0 Å². The first-order valence-electron chi connectivity index (χ1n) is 23.0. The fourth-order valence-electron chi connectivity index (χ4n) is 7.63. The number of ether oxygens (including phenoxy) is 3.